The number of aliphatic hydroxyl groups excluding tert-OH is 5. The van der Waals surface area contributed by atoms with E-state index >= 15 is 0 Å². The fraction of sp³-hybridized carbons (Fsp3) is 0.898. The normalized spacial score (nSPS) is 19.3. The summed E-state index contributed by atoms with van der Waals surface area (Å²) in [6, 6.07) is -0.813. The number of rotatable bonds is 51. The third-order valence-corrected chi connectivity index (χ3v) is 14.1. The molecule has 1 aliphatic heterocycles. The van der Waals surface area contributed by atoms with Crippen LogP contribution in [0.2, 0.25) is 0 Å². The molecule has 1 fully saturated rings. The molecular weight excluding hydrogens is 883 g/mol. The van der Waals surface area contributed by atoms with Gasteiger partial charge in [-0.3, -0.25) is 9.59 Å². The highest BCUT2D eigenvalue weighted by Crippen LogP contribution is 2.23. The lowest BCUT2D eigenvalue weighted by molar-refractivity contribution is -0.302. The Morgan fingerprint density at radius 3 is 1.37 bits per heavy atom. The number of carbonyl (C=O) groups excluding carboxylic acids is 2. The molecule has 1 aliphatic rings. The summed E-state index contributed by atoms with van der Waals surface area (Å²) in [6.07, 6.45) is 48.6. The first-order chi connectivity index (χ1) is 34.2. The van der Waals surface area contributed by atoms with Gasteiger partial charge in [0.25, 0.3) is 0 Å². The number of aliphatic hydroxyl groups is 5. The molecule has 1 heterocycles. The van der Waals surface area contributed by atoms with E-state index in [2.05, 4.69) is 31.3 Å². The van der Waals surface area contributed by atoms with Crippen molar-refractivity contribution in [2.75, 3.05) is 19.8 Å². The first kappa shape index (κ1) is 66.2. The highest BCUT2D eigenvalue weighted by atomic mass is 16.7. The van der Waals surface area contributed by atoms with Gasteiger partial charge in [0.05, 0.1) is 32.0 Å². The van der Waals surface area contributed by atoms with Crippen LogP contribution in [0.4, 0.5) is 0 Å². The van der Waals surface area contributed by atoms with Crippen molar-refractivity contribution in [3.63, 3.8) is 0 Å². The van der Waals surface area contributed by atoms with Gasteiger partial charge in [-0.05, 0) is 57.8 Å². The number of hydrogen-bond donors (Lipinski definition) is 6. The molecular formula is C59H111NO10. The van der Waals surface area contributed by atoms with Crippen molar-refractivity contribution in [3.05, 3.63) is 24.3 Å². The van der Waals surface area contributed by atoms with E-state index in [1.54, 1.807) is 6.08 Å². The predicted octanol–water partition coefficient (Wildman–Crippen LogP) is 13.3. The highest BCUT2D eigenvalue weighted by molar-refractivity contribution is 5.76. The third-order valence-electron chi connectivity index (χ3n) is 14.1. The molecule has 0 saturated carbocycles. The van der Waals surface area contributed by atoms with Crippen molar-refractivity contribution in [1.29, 1.82) is 0 Å². The zero-order valence-corrected chi connectivity index (χ0v) is 45.2. The Morgan fingerprint density at radius 2 is 0.914 bits per heavy atom. The molecule has 11 nitrogen and oxygen atoms in total. The Balaban J connectivity index is 2.03. The first-order valence-electron chi connectivity index (χ1n) is 29.6. The summed E-state index contributed by atoms with van der Waals surface area (Å²) in [5.41, 5.74) is 0. The lowest BCUT2D eigenvalue weighted by atomic mass is 9.99. The molecule has 1 rings (SSSR count). The average molecular weight is 995 g/mol. The van der Waals surface area contributed by atoms with Crippen LogP contribution in [0, 0.1) is 0 Å². The number of carbonyl (C=O) groups is 2. The monoisotopic (exact) mass is 994 g/mol. The smallest absolute Gasteiger partial charge is 0.305 e. The molecule has 0 aromatic rings. The van der Waals surface area contributed by atoms with Gasteiger partial charge in [-0.15, -0.1) is 0 Å². The van der Waals surface area contributed by atoms with Crippen LogP contribution in [0.25, 0.3) is 0 Å². The van der Waals surface area contributed by atoms with Gasteiger partial charge in [0.15, 0.2) is 6.29 Å². The molecule has 6 N–H and O–H groups in total. The Morgan fingerprint density at radius 1 is 0.514 bits per heavy atom. The average Bonchev–Trinajstić information content (AvgIpc) is 3.36. The van der Waals surface area contributed by atoms with Gasteiger partial charge in [-0.25, -0.2) is 0 Å². The summed E-state index contributed by atoms with van der Waals surface area (Å²) < 4.78 is 16.7. The molecule has 7 unspecified atom stereocenters. The standard InChI is InChI=1S/C59H111NO10/c1-3-5-7-9-11-13-26-31-35-39-43-47-55(64)68-48-44-40-36-32-28-25-23-21-19-17-15-14-16-18-20-22-24-27-30-34-38-42-46-54(63)60-51(52(62)45-41-37-33-29-12-10-8-6-4-2)50-69-59-58(67)57(66)56(65)53(49-61)70-59/h16,18,41,45,51-53,56-59,61-62,65-67H,3-15,17,19-40,42-44,46-50H2,1-2H3,(H,60,63)/b18-16-,45-41+. The number of allylic oxidation sites excluding steroid dienone is 3. The van der Waals surface area contributed by atoms with E-state index in [1.165, 1.54) is 180 Å². The van der Waals surface area contributed by atoms with E-state index in [-0.39, 0.29) is 18.5 Å². The van der Waals surface area contributed by atoms with E-state index < -0.39 is 49.5 Å². The predicted molar refractivity (Wildman–Crippen MR) is 288 cm³/mol. The van der Waals surface area contributed by atoms with Crippen LogP contribution >= 0.6 is 0 Å². The lowest BCUT2D eigenvalue weighted by Crippen LogP contribution is -2.60. The van der Waals surface area contributed by atoms with Gasteiger partial charge >= 0.3 is 5.97 Å². The molecule has 7 atom stereocenters. The van der Waals surface area contributed by atoms with Crippen LogP contribution in [0.5, 0.6) is 0 Å². The van der Waals surface area contributed by atoms with Gasteiger partial charge in [0, 0.05) is 12.8 Å². The summed E-state index contributed by atoms with van der Waals surface area (Å²) in [5, 5.41) is 54.2. The van der Waals surface area contributed by atoms with E-state index in [1.807, 2.05) is 6.08 Å². The van der Waals surface area contributed by atoms with Crippen molar-refractivity contribution in [1.82, 2.24) is 5.32 Å². The SMILES string of the molecule is CCCCCCCCC/C=C/C(O)C(COC1OC(CO)C(O)C(O)C1O)NC(=O)CCCCCCCCC/C=C\CCCCCCCCCCCCCOC(=O)CCCCCCCCCCCCC. The van der Waals surface area contributed by atoms with Crippen LogP contribution in [0.15, 0.2) is 24.3 Å². The summed E-state index contributed by atoms with van der Waals surface area (Å²) in [6.45, 7) is 4.31. The van der Waals surface area contributed by atoms with Gasteiger partial charge in [0.1, 0.15) is 24.4 Å². The Kier molecular flexibility index (Phi) is 46.6. The van der Waals surface area contributed by atoms with Crippen LogP contribution in [-0.2, 0) is 23.8 Å². The van der Waals surface area contributed by atoms with Crippen LogP contribution in [-0.4, -0.2) is 100 Å². The molecule has 0 spiro atoms. The maximum absolute atomic E-state index is 13.0. The molecule has 1 saturated heterocycles. The van der Waals surface area contributed by atoms with Gasteiger partial charge in [0.2, 0.25) is 5.91 Å². The maximum atomic E-state index is 13.0. The Bertz CT molecular complexity index is 1220. The quantitative estimate of drug-likeness (QED) is 0.0195. The van der Waals surface area contributed by atoms with Crippen molar-refractivity contribution < 1.29 is 49.3 Å². The maximum Gasteiger partial charge on any atom is 0.305 e. The van der Waals surface area contributed by atoms with Crippen LogP contribution < -0.4 is 5.32 Å². The van der Waals surface area contributed by atoms with E-state index in [0.29, 0.717) is 19.4 Å². The number of nitrogens with one attached hydrogen (secondary N) is 1. The molecule has 1 amide bonds. The molecule has 0 aromatic heterocycles. The number of hydrogen-bond acceptors (Lipinski definition) is 10. The van der Waals surface area contributed by atoms with Gasteiger partial charge < -0.3 is 45.1 Å². The summed E-state index contributed by atoms with van der Waals surface area (Å²) >= 11 is 0. The van der Waals surface area contributed by atoms with E-state index in [4.69, 9.17) is 14.2 Å². The van der Waals surface area contributed by atoms with Crippen molar-refractivity contribution in [3.8, 4) is 0 Å². The molecule has 11 heteroatoms. The minimum Gasteiger partial charge on any atom is -0.466 e. The Labute approximate surface area is 429 Å². The number of unbranched alkanes of at least 4 members (excludes halogenated alkanes) is 35. The number of ether oxygens (including phenoxy) is 3. The minimum absolute atomic E-state index is 0.00293. The fourth-order valence-corrected chi connectivity index (χ4v) is 9.31. The second-order valence-electron chi connectivity index (χ2n) is 20.7. The molecule has 0 aromatic carbocycles. The zero-order chi connectivity index (χ0) is 51.0. The number of amides is 1. The van der Waals surface area contributed by atoms with E-state index in [0.717, 1.165) is 70.6 Å². The Hall–Kier alpha value is -1.86. The molecule has 0 aliphatic carbocycles. The number of esters is 1. The highest BCUT2D eigenvalue weighted by Gasteiger charge is 2.44. The largest absolute Gasteiger partial charge is 0.466 e. The second-order valence-corrected chi connectivity index (χ2v) is 20.7. The molecule has 0 radical (unpaired) electrons. The minimum atomic E-state index is -1.57. The van der Waals surface area contributed by atoms with Gasteiger partial charge in [-0.1, -0.05) is 231 Å². The third kappa shape index (κ3) is 38.7. The van der Waals surface area contributed by atoms with E-state index in [9.17, 15) is 35.1 Å². The second kappa shape index (κ2) is 49.4. The zero-order valence-electron chi connectivity index (χ0n) is 45.2. The molecule has 412 valence electrons. The van der Waals surface area contributed by atoms with Gasteiger partial charge in [-0.2, -0.15) is 0 Å². The topological polar surface area (TPSA) is 175 Å². The molecule has 70 heavy (non-hydrogen) atoms. The van der Waals surface area contributed by atoms with Crippen LogP contribution in [0.3, 0.4) is 0 Å². The van der Waals surface area contributed by atoms with Crippen molar-refractivity contribution in [2.45, 2.75) is 320 Å². The summed E-state index contributed by atoms with van der Waals surface area (Å²) in [5.74, 6) is -0.193. The summed E-state index contributed by atoms with van der Waals surface area (Å²) in [4.78, 5) is 25.0. The summed E-state index contributed by atoms with van der Waals surface area (Å²) in [7, 11) is 0. The van der Waals surface area contributed by atoms with Crippen LogP contribution in [0.1, 0.15) is 277 Å². The fourth-order valence-electron chi connectivity index (χ4n) is 9.31. The van der Waals surface area contributed by atoms with Crippen molar-refractivity contribution >= 4 is 11.9 Å². The first-order valence-corrected chi connectivity index (χ1v) is 29.6. The lowest BCUT2D eigenvalue weighted by Gasteiger charge is -2.40. The molecule has 0 bridgehead atoms. The van der Waals surface area contributed by atoms with Crippen molar-refractivity contribution in [2.24, 2.45) is 0 Å².